The zero-order valence-corrected chi connectivity index (χ0v) is 17.4. The Hall–Kier alpha value is -2.44. The van der Waals surface area contributed by atoms with Gasteiger partial charge in [0.05, 0.1) is 0 Å². The summed E-state index contributed by atoms with van der Waals surface area (Å²) in [6.45, 7) is 6.62. The van der Waals surface area contributed by atoms with Crippen LogP contribution in [0.4, 0.5) is 9.18 Å². The third kappa shape index (κ3) is 4.77. The van der Waals surface area contributed by atoms with E-state index in [1.165, 1.54) is 12.1 Å². The molecule has 2 N–H and O–H groups in total. The van der Waals surface area contributed by atoms with Gasteiger partial charge in [-0.2, -0.15) is 0 Å². The molecule has 0 bridgehead atoms. The van der Waals surface area contributed by atoms with E-state index in [2.05, 4.69) is 31.4 Å². The zero-order valence-electron chi connectivity index (χ0n) is 17.4. The molecule has 2 aliphatic rings. The highest BCUT2D eigenvalue weighted by molar-refractivity contribution is 6.09. The number of hydrogen-bond donors (Lipinski definition) is 2. The first-order valence-electron chi connectivity index (χ1n) is 10.3. The molecule has 0 atom stereocenters. The van der Waals surface area contributed by atoms with Gasteiger partial charge in [0.1, 0.15) is 17.9 Å². The molecule has 2 fully saturated rings. The molecule has 1 saturated carbocycles. The van der Waals surface area contributed by atoms with Gasteiger partial charge in [0.25, 0.3) is 5.91 Å². The molecule has 4 amide bonds. The van der Waals surface area contributed by atoms with E-state index in [4.69, 9.17) is 0 Å². The predicted molar refractivity (Wildman–Crippen MR) is 108 cm³/mol. The van der Waals surface area contributed by atoms with Crippen molar-refractivity contribution in [3.05, 3.63) is 35.6 Å². The summed E-state index contributed by atoms with van der Waals surface area (Å²) in [4.78, 5) is 38.6. The van der Waals surface area contributed by atoms with Gasteiger partial charge in [-0.3, -0.25) is 14.5 Å². The highest BCUT2D eigenvalue weighted by Gasteiger charge is 2.53. The first kappa shape index (κ1) is 21.3. The predicted octanol–water partition coefficient (Wildman–Crippen LogP) is 3.01. The molecule has 1 aliphatic carbocycles. The van der Waals surface area contributed by atoms with Crippen molar-refractivity contribution in [2.24, 2.45) is 11.3 Å². The summed E-state index contributed by atoms with van der Waals surface area (Å²) >= 11 is 0. The lowest BCUT2D eigenvalue weighted by Crippen LogP contribution is -2.51. The number of benzene rings is 1. The van der Waals surface area contributed by atoms with E-state index in [1.807, 2.05) is 0 Å². The van der Waals surface area contributed by atoms with Gasteiger partial charge in [0.15, 0.2) is 0 Å². The van der Waals surface area contributed by atoms with E-state index in [-0.39, 0.29) is 23.7 Å². The van der Waals surface area contributed by atoms with E-state index in [1.54, 1.807) is 12.1 Å². The first-order chi connectivity index (χ1) is 13.6. The second-order valence-corrected chi connectivity index (χ2v) is 9.27. The smallest absolute Gasteiger partial charge is 0.325 e. The van der Waals surface area contributed by atoms with E-state index < -0.39 is 17.5 Å². The van der Waals surface area contributed by atoms with Crippen LogP contribution in [0.3, 0.4) is 0 Å². The monoisotopic (exact) mass is 403 g/mol. The van der Waals surface area contributed by atoms with Crippen LogP contribution in [0.2, 0.25) is 0 Å². The molecule has 0 aromatic heterocycles. The van der Waals surface area contributed by atoms with Crippen molar-refractivity contribution in [3.8, 4) is 0 Å². The van der Waals surface area contributed by atoms with Gasteiger partial charge in [-0.25, -0.2) is 9.18 Å². The number of halogens is 1. The van der Waals surface area contributed by atoms with Crippen LogP contribution < -0.4 is 10.6 Å². The van der Waals surface area contributed by atoms with Gasteiger partial charge in [0.2, 0.25) is 5.91 Å². The van der Waals surface area contributed by atoms with Crippen molar-refractivity contribution in [1.82, 2.24) is 15.5 Å². The summed E-state index contributed by atoms with van der Waals surface area (Å²) in [5.41, 5.74) is 0.0877. The van der Waals surface area contributed by atoms with Gasteiger partial charge in [-0.15, -0.1) is 0 Å². The fourth-order valence-electron chi connectivity index (χ4n) is 4.37. The largest absolute Gasteiger partial charge is 0.354 e. The first-order valence-corrected chi connectivity index (χ1v) is 10.3. The van der Waals surface area contributed by atoms with E-state index in [0.717, 1.165) is 23.3 Å². The van der Waals surface area contributed by atoms with Gasteiger partial charge in [-0.05, 0) is 61.1 Å². The Balaban J connectivity index is 1.52. The van der Waals surface area contributed by atoms with Crippen LogP contribution in [0, 0.1) is 17.2 Å². The number of hydrogen-bond acceptors (Lipinski definition) is 3. The van der Waals surface area contributed by atoms with Crippen LogP contribution >= 0.6 is 0 Å². The minimum Gasteiger partial charge on any atom is -0.354 e. The Morgan fingerprint density at radius 3 is 2.59 bits per heavy atom. The summed E-state index contributed by atoms with van der Waals surface area (Å²) < 4.78 is 13.2. The molecule has 1 saturated heterocycles. The van der Waals surface area contributed by atoms with Crippen molar-refractivity contribution < 1.29 is 18.8 Å². The third-order valence-corrected chi connectivity index (χ3v) is 6.24. The molecule has 1 spiro atoms. The van der Waals surface area contributed by atoms with Crippen LogP contribution in [-0.4, -0.2) is 41.4 Å². The average molecular weight is 403 g/mol. The summed E-state index contributed by atoms with van der Waals surface area (Å²) in [6, 6.07) is 5.69. The Labute approximate surface area is 171 Å². The molecule has 6 nitrogen and oxygen atoms in total. The molecule has 3 rings (SSSR count). The number of nitrogens with zero attached hydrogens (tertiary/aromatic N) is 1. The number of nitrogens with one attached hydrogen (secondary N) is 2. The minimum absolute atomic E-state index is 0.175. The fraction of sp³-hybridized carbons (Fsp3) is 0.591. The molecule has 7 heteroatoms. The van der Waals surface area contributed by atoms with Crippen LogP contribution in [-0.2, 0) is 16.0 Å². The van der Waals surface area contributed by atoms with E-state index >= 15 is 0 Å². The quantitative estimate of drug-likeness (QED) is 0.742. The Morgan fingerprint density at radius 2 is 1.97 bits per heavy atom. The third-order valence-electron chi connectivity index (χ3n) is 6.24. The molecule has 1 aliphatic heterocycles. The summed E-state index contributed by atoms with van der Waals surface area (Å²) in [5, 5.41) is 5.55. The zero-order chi connectivity index (χ0) is 21.2. The van der Waals surface area contributed by atoms with Crippen LogP contribution in [0.15, 0.2) is 24.3 Å². The molecule has 1 aromatic rings. The van der Waals surface area contributed by atoms with Gasteiger partial charge in [0, 0.05) is 6.54 Å². The van der Waals surface area contributed by atoms with Crippen molar-refractivity contribution in [2.75, 3.05) is 13.1 Å². The molecule has 0 unspecified atom stereocenters. The second kappa shape index (κ2) is 8.13. The molecule has 0 radical (unpaired) electrons. The van der Waals surface area contributed by atoms with E-state index in [0.29, 0.717) is 31.7 Å². The van der Waals surface area contributed by atoms with Crippen LogP contribution in [0.5, 0.6) is 0 Å². The van der Waals surface area contributed by atoms with Crippen LogP contribution in [0.25, 0.3) is 0 Å². The standard InChI is InChI=1S/C22H30FN3O3/c1-21(2,3)16-7-10-22(11-8-16)19(28)26(20(29)25-22)14-18(27)24-12-9-15-5-4-6-17(23)13-15/h4-6,13,16H,7-12,14H2,1-3H3,(H,24,27)(H,25,29). The molecular weight excluding hydrogens is 373 g/mol. The Kier molecular flexibility index (Phi) is 5.96. The molecular formula is C22H30FN3O3. The normalized spacial score (nSPS) is 24.7. The summed E-state index contributed by atoms with van der Waals surface area (Å²) in [6.07, 6.45) is 3.45. The topological polar surface area (TPSA) is 78.5 Å². The average Bonchev–Trinajstić information content (AvgIpc) is 2.85. The maximum atomic E-state index is 13.2. The van der Waals surface area contributed by atoms with Crippen LogP contribution in [0.1, 0.15) is 52.0 Å². The number of rotatable bonds is 5. The second-order valence-electron chi connectivity index (χ2n) is 9.27. The maximum absolute atomic E-state index is 13.2. The fourth-order valence-corrected chi connectivity index (χ4v) is 4.37. The maximum Gasteiger partial charge on any atom is 0.325 e. The van der Waals surface area contributed by atoms with Crippen molar-refractivity contribution >= 4 is 17.8 Å². The van der Waals surface area contributed by atoms with Crippen molar-refractivity contribution in [2.45, 2.75) is 58.4 Å². The Morgan fingerprint density at radius 1 is 1.28 bits per heavy atom. The Bertz CT molecular complexity index is 795. The minimum atomic E-state index is -0.860. The highest BCUT2D eigenvalue weighted by atomic mass is 19.1. The van der Waals surface area contributed by atoms with E-state index in [9.17, 15) is 18.8 Å². The number of imide groups is 1. The lowest BCUT2D eigenvalue weighted by atomic mass is 9.67. The lowest BCUT2D eigenvalue weighted by Gasteiger charge is -2.40. The number of urea groups is 1. The molecule has 1 heterocycles. The molecule has 1 aromatic carbocycles. The molecule has 29 heavy (non-hydrogen) atoms. The molecule has 158 valence electrons. The highest BCUT2D eigenvalue weighted by Crippen LogP contribution is 2.43. The van der Waals surface area contributed by atoms with Gasteiger partial charge in [-0.1, -0.05) is 32.9 Å². The van der Waals surface area contributed by atoms with Crippen molar-refractivity contribution in [3.63, 3.8) is 0 Å². The summed E-state index contributed by atoms with van der Waals surface area (Å²) in [5.74, 6) is -0.502. The lowest BCUT2D eigenvalue weighted by molar-refractivity contribution is -0.136. The van der Waals surface area contributed by atoms with Gasteiger partial charge >= 0.3 is 6.03 Å². The van der Waals surface area contributed by atoms with Gasteiger partial charge < -0.3 is 10.6 Å². The number of amides is 4. The number of carbonyl (C=O) groups excluding carboxylic acids is 3. The SMILES string of the molecule is CC(C)(C)C1CCC2(CC1)NC(=O)N(CC(=O)NCCc1cccc(F)c1)C2=O. The number of carbonyl (C=O) groups is 3. The summed E-state index contributed by atoms with van der Waals surface area (Å²) in [7, 11) is 0. The van der Waals surface area contributed by atoms with Crippen molar-refractivity contribution in [1.29, 1.82) is 0 Å².